The van der Waals surface area contributed by atoms with E-state index >= 15 is 0 Å². The molecule has 0 aromatic heterocycles. The van der Waals surface area contributed by atoms with Crippen molar-refractivity contribution in [1.82, 2.24) is 4.90 Å². The molecule has 2 atom stereocenters. The van der Waals surface area contributed by atoms with Gasteiger partial charge in [0.15, 0.2) is 0 Å². The van der Waals surface area contributed by atoms with Gasteiger partial charge in [0.05, 0.1) is 5.25 Å². The fourth-order valence-corrected chi connectivity index (χ4v) is 2.94. The molecular formula is C11H13NOS. The Morgan fingerprint density at radius 1 is 1.29 bits per heavy atom. The monoisotopic (exact) mass is 207 g/mol. The molecule has 1 amide bonds. The van der Waals surface area contributed by atoms with E-state index in [0.717, 1.165) is 0 Å². The van der Waals surface area contributed by atoms with Crippen LogP contribution in [0.15, 0.2) is 30.3 Å². The number of hydrogen-bond acceptors (Lipinski definition) is 2. The van der Waals surface area contributed by atoms with Gasteiger partial charge >= 0.3 is 0 Å². The molecule has 2 nitrogen and oxygen atoms in total. The highest BCUT2D eigenvalue weighted by atomic mass is 32.2. The highest BCUT2D eigenvalue weighted by Crippen LogP contribution is 2.41. The van der Waals surface area contributed by atoms with E-state index in [1.165, 1.54) is 5.56 Å². The van der Waals surface area contributed by atoms with Gasteiger partial charge in [-0.1, -0.05) is 30.3 Å². The number of rotatable bonds is 1. The number of carbonyl (C=O) groups is 1. The Hall–Kier alpha value is -0.960. The predicted molar refractivity (Wildman–Crippen MR) is 59.0 cm³/mol. The van der Waals surface area contributed by atoms with Gasteiger partial charge < -0.3 is 4.90 Å². The Kier molecular flexibility index (Phi) is 2.50. The van der Waals surface area contributed by atoms with Crippen LogP contribution in [0.5, 0.6) is 0 Å². The average Bonchev–Trinajstić information content (AvgIpc) is 2.47. The largest absolute Gasteiger partial charge is 0.329 e. The predicted octanol–water partition coefficient (Wildman–Crippen LogP) is 2.28. The van der Waals surface area contributed by atoms with E-state index in [1.54, 1.807) is 11.8 Å². The minimum Gasteiger partial charge on any atom is -0.329 e. The summed E-state index contributed by atoms with van der Waals surface area (Å²) in [5, 5.41) is 0.281. The molecule has 1 heterocycles. The molecule has 1 saturated heterocycles. The van der Waals surface area contributed by atoms with Crippen molar-refractivity contribution in [3.63, 3.8) is 0 Å². The van der Waals surface area contributed by atoms with Crippen LogP contribution in [0.1, 0.15) is 17.9 Å². The van der Waals surface area contributed by atoms with E-state index in [2.05, 4.69) is 12.1 Å². The van der Waals surface area contributed by atoms with E-state index in [9.17, 15) is 4.79 Å². The van der Waals surface area contributed by atoms with Crippen molar-refractivity contribution in [2.75, 3.05) is 7.05 Å². The Morgan fingerprint density at radius 3 is 2.43 bits per heavy atom. The van der Waals surface area contributed by atoms with E-state index in [-0.39, 0.29) is 16.5 Å². The van der Waals surface area contributed by atoms with Crippen LogP contribution in [-0.2, 0) is 4.79 Å². The van der Waals surface area contributed by atoms with Crippen molar-refractivity contribution in [3.8, 4) is 0 Å². The first-order valence-electron chi connectivity index (χ1n) is 4.67. The third kappa shape index (κ3) is 1.52. The molecule has 1 aliphatic heterocycles. The number of amides is 1. The lowest BCUT2D eigenvalue weighted by atomic mass is 10.2. The van der Waals surface area contributed by atoms with Crippen molar-refractivity contribution in [3.05, 3.63) is 35.9 Å². The molecule has 2 rings (SSSR count). The summed E-state index contributed by atoms with van der Waals surface area (Å²) in [5.41, 5.74) is 1.21. The second kappa shape index (κ2) is 3.65. The highest BCUT2D eigenvalue weighted by molar-refractivity contribution is 8.01. The summed E-state index contributed by atoms with van der Waals surface area (Å²) in [7, 11) is 1.87. The first-order chi connectivity index (χ1) is 6.70. The van der Waals surface area contributed by atoms with Crippen LogP contribution in [0, 0.1) is 0 Å². The summed E-state index contributed by atoms with van der Waals surface area (Å²) in [5.74, 6) is 0.226. The molecule has 1 fully saturated rings. The molecule has 0 N–H and O–H groups in total. The maximum atomic E-state index is 11.6. The van der Waals surface area contributed by atoms with E-state index in [1.807, 2.05) is 37.1 Å². The Labute approximate surface area is 88.3 Å². The van der Waals surface area contributed by atoms with Crippen molar-refractivity contribution in [2.45, 2.75) is 17.5 Å². The molecule has 1 aromatic rings. The molecular weight excluding hydrogens is 194 g/mol. The first kappa shape index (κ1) is 9.59. The molecule has 1 aromatic carbocycles. The number of benzene rings is 1. The van der Waals surface area contributed by atoms with Crippen LogP contribution in [-0.4, -0.2) is 23.1 Å². The fraction of sp³-hybridized carbons (Fsp3) is 0.364. The Bertz CT molecular complexity index is 338. The van der Waals surface area contributed by atoms with Gasteiger partial charge in [0.1, 0.15) is 5.37 Å². The van der Waals surface area contributed by atoms with Crippen LogP contribution < -0.4 is 0 Å². The summed E-state index contributed by atoms with van der Waals surface area (Å²) in [6.45, 7) is 1.96. The minimum absolute atomic E-state index is 0.0882. The van der Waals surface area contributed by atoms with Gasteiger partial charge in [-0.15, -0.1) is 11.8 Å². The number of hydrogen-bond donors (Lipinski definition) is 0. The third-order valence-corrected chi connectivity index (χ3v) is 3.92. The molecule has 0 saturated carbocycles. The lowest BCUT2D eigenvalue weighted by molar-refractivity contribution is -0.128. The maximum Gasteiger partial charge on any atom is 0.236 e. The van der Waals surface area contributed by atoms with Crippen LogP contribution in [0.3, 0.4) is 0 Å². The molecule has 0 bridgehead atoms. The summed E-state index contributed by atoms with van der Waals surface area (Å²) in [6.07, 6.45) is 0. The fourth-order valence-electron chi connectivity index (χ4n) is 1.67. The van der Waals surface area contributed by atoms with Gasteiger partial charge in [0, 0.05) is 7.05 Å². The van der Waals surface area contributed by atoms with E-state index in [4.69, 9.17) is 0 Å². The SMILES string of the molecule is C[C@H]1S[C@H](c2ccccc2)N(C)C1=O. The van der Waals surface area contributed by atoms with Crippen LogP contribution in [0.2, 0.25) is 0 Å². The van der Waals surface area contributed by atoms with Gasteiger partial charge in [-0.3, -0.25) is 4.79 Å². The van der Waals surface area contributed by atoms with Crippen LogP contribution in [0.4, 0.5) is 0 Å². The lowest BCUT2D eigenvalue weighted by Gasteiger charge is -2.18. The average molecular weight is 207 g/mol. The van der Waals surface area contributed by atoms with Crippen molar-refractivity contribution in [2.24, 2.45) is 0 Å². The van der Waals surface area contributed by atoms with Gasteiger partial charge in [-0.2, -0.15) is 0 Å². The first-order valence-corrected chi connectivity index (χ1v) is 5.61. The van der Waals surface area contributed by atoms with Crippen LogP contribution >= 0.6 is 11.8 Å². The topological polar surface area (TPSA) is 20.3 Å². The summed E-state index contributed by atoms with van der Waals surface area (Å²) in [4.78, 5) is 13.4. The molecule has 74 valence electrons. The Balaban J connectivity index is 2.26. The van der Waals surface area contributed by atoms with E-state index < -0.39 is 0 Å². The zero-order valence-electron chi connectivity index (χ0n) is 8.31. The summed E-state index contributed by atoms with van der Waals surface area (Å²) in [6, 6.07) is 10.2. The summed E-state index contributed by atoms with van der Waals surface area (Å²) >= 11 is 1.71. The molecule has 14 heavy (non-hydrogen) atoms. The van der Waals surface area contributed by atoms with Crippen molar-refractivity contribution >= 4 is 17.7 Å². The van der Waals surface area contributed by atoms with Crippen molar-refractivity contribution < 1.29 is 4.79 Å². The van der Waals surface area contributed by atoms with Gasteiger partial charge in [-0.25, -0.2) is 0 Å². The number of nitrogens with zero attached hydrogens (tertiary/aromatic N) is 1. The zero-order valence-corrected chi connectivity index (χ0v) is 9.12. The van der Waals surface area contributed by atoms with Gasteiger partial charge in [-0.05, 0) is 12.5 Å². The smallest absolute Gasteiger partial charge is 0.236 e. The Morgan fingerprint density at radius 2 is 1.93 bits per heavy atom. The zero-order chi connectivity index (χ0) is 10.1. The molecule has 0 spiro atoms. The highest BCUT2D eigenvalue weighted by Gasteiger charge is 2.35. The van der Waals surface area contributed by atoms with Gasteiger partial charge in [0.2, 0.25) is 5.91 Å². The minimum atomic E-state index is 0.0882. The quantitative estimate of drug-likeness (QED) is 0.704. The second-order valence-corrected chi connectivity index (χ2v) is 4.92. The van der Waals surface area contributed by atoms with Gasteiger partial charge in [0.25, 0.3) is 0 Å². The van der Waals surface area contributed by atoms with Crippen molar-refractivity contribution in [1.29, 1.82) is 0 Å². The number of thioether (sulfide) groups is 1. The molecule has 1 aliphatic rings. The van der Waals surface area contributed by atoms with E-state index in [0.29, 0.717) is 0 Å². The second-order valence-electron chi connectivity index (χ2n) is 3.49. The third-order valence-electron chi connectivity index (χ3n) is 2.46. The maximum absolute atomic E-state index is 11.6. The van der Waals surface area contributed by atoms with Crippen LogP contribution in [0.25, 0.3) is 0 Å². The summed E-state index contributed by atoms with van der Waals surface area (Å²) < 4.78 is 0. The number of carbonyl (C=O) groups excluding carboxylic acids is 1. The normalized spacial score (nSPS) is 27.0. The molecule has 0 aliphatic carbocycles. The lowest BCUT2D eigenvalue weighted by Crippen LogP contribution is -2.25. The molecule has 0 radical (unpaired) electrons. The standard InChI is InChI=1S/C11H13NOS/c1-8-10(13)12(2)11(14-8)9-6-4-3-5-7-9/h3-8,11H,1-2H3/t8-,11-/m1/s1. The molecule has 3 heteroatoms. The molecule has 0 unspecified atom stereocenters.